The Morgan fingerprint density at radius 2 is 1.59 bits per heavy atom. The van der Waals surface area contributed by atoms with Crippen molar-refractivity contribution in [3.05, 3.63) is 65.7 Å². The molecule has 0 saturated carbocycles. The number of benzene rings is 2. The van der Waals surface area contributed by atoms with E-state index in [4.69, 9.17) is 9.73 Å². The zero-order valence-electron chi connectivity index (χ0n) is 19.1. The minimum absolute atomic E-state index is 0. The number of piperazine rings is 1. The summed E-state index contributed by atoms with van der Waals surface area (Å²) >= 11 is 0. The van der Waals surface area contributed by atoms with Crippen LogP contribution in [0.4, 0.5) is 5.69 Å². The van der Waals surface area contributed by atoms with Gasteiger partial charge in [-0.1, -0.05) is 48.5 Å². The molecule has 0 radical (unpaired) electrons. The van der Waals surface area contributed by atoms with E-state index < -0.39 is 0 Å². The molecule has 174 valence electrons. The molecule has 4 rings (SSSR count). The van der Waals surface area contributed by atoms with Crippen molar-refractivity contribution in [2.75, 3.05) is 63.9 Å². The SMILES string of the molecule is CCNC(=NCc1ccccc1N1CCOCC1)N1CCN(Cc2ccccc2)CC1.I. The predicted octanol–water partition coefficient (Wildman–Crippen LogP) is 3.42. The quantitative estimate of drug-likeness (QED) is 0.340. The van der Waals surface area contributed by atoms with E-state index in [0.717, 1.165) is 71.5 Å². The maximum atomic E-state index is 5.53. The minimum Gasteiger partial charge on any atom is -0.378 e. The summed E-state index contributed by atoms with van der Waals surface area (Å²) in [7, 11) is 0. The third kappa shape index (κ3) is 6.83. The molecular formula is C25H36IN5O. The minimum atomic E-state index is 0. The van der Waals surface area contributed by atoms with E-state index >= 15 is 0 Å². The van der Waals surface area contributed by atoms with Gasteiger partial charge in [-0.05, 0) is 24.1 Å². The number of hydrogen-bond donors (Lipinski definition) is 1. The van der Waals surface area contributed by atoms with Gasteiger partial charge in [-0.3, -0.25) is 4.90 Å². The molecule has 2 heterocycles. The van der Waals surface area contributed by atoms with Gasteiger partial charge < -0.3 is 19.9 Å². The Kier molecular flexibility index (Phi) is 10.1. The second kappa shape index (κ2) is 13.0. The number of halogens is 1. The summed E-state index contributed by atoms with van der Waals surface area (Å²) in [5, 5.41) is 3.51. The number of anilines is 1. The van der Waals surface area contributed by atoms with Crippen LogP contribution in [0.1, 0.15) is 18.1 Å². The van der Waals surface area contributed by atoms with E-state index in [1.807, 2.05) is 0 Å². The Bertz CT molecular complexity index is 833. The fourth-order valence-electron chi connectivity index (χ4n) is 4.30. The maximum Gasteiger partial charge on any atom is 0.194 e. The van der Waals surface area contributed by atoms with E-state index in [1.54, 1.807) is 0 Å². The number of nitrogens with zero attached hydrogens (tertiary/aromatic N) is 4. The van der Waals surface area contributed by atoms with Gasteiger partial charge in [0.25, 0.3) is 0 Å². The number of morpholine rings is 1. The van der Waals surface area contributed by atoms with Crippen LogP contribution in [-0.2, 0) is 17.8 Å². The van der Waals surface area contributed by atoms with Gasteiger partial charge in [-0.2, -0.15) is 0 Å². The second-order valence-electron chi connectivity index (χ2n) is 8.15. The van der Waals surface area contributed by atoms with Crippen molar-refractivity contribution in [1.82, 2.24) is 15.1 Å². The third-order valence-electron chi connectivity index (χ3n) is 6.00. The molecule has 0 unspecified atom stereocenters. The molecule has 0 bridgehead atoms. The van der Waals surface area contributed by atoms with E-state index in [-0.39, 0.29) is 24.0 Å². The van der Waals surface area contributed by atoms with Crippen molar-refractivity contribution in [2.45, 2.75) is 20.0 Å². The van der Waals surface area contributed by atoms with E-state index in [1.165, 1.54) is 16.8 Å². The Morgan fingerprint density at radius 1 is 0.906 bits per heavy atom. The number of hydrogen-bond acceptors (Lipinski definition) is 4. The van der Waals surface area contributed by atoms with Gasteiger partial charge in [0.15, 0.2) is 5.96 Å². The van der Waals surface area contributed by atoms with Crippen LogP contribution in [0.15, 0.2) is 59.6 Å². The average Bonchev–Trinajstić information content (AvgIpc) is 2.84. The topological polar surface area (TPSA) is 43.3 Å². The standard InChI is InChI=1S/C25H35N5O.HI/c1-2-26-25(30-14-12-28(13-15-30)21-22-8-4-3-5-9-22)27-20-23-10-6-7-11-24(23)29-16-18-31-19-17-29;/h3-11H,2,12-21H2,1H3,(H,26,27);1H. The highest BCUT2D eigenvalue weighted by Gasteiger charge is 2.20. The molecule has 0 aromatic heterocycles. The Hall–Kier alpha value is -1.84. The molecule has 2 aromatic rings. The molecule has 6 nitrogen and oxygen atoms in total. The molecule has 1 N–H and O–H groups in total. The first kappa shape index (κ1) is 24.8. The fourth-order valence-corrected chi connectivity index (χ4v) is 4.30. The molecule has 0 aliphatic carbocycles. The summed E-state index contributed by atoms with van der Waals surface area (Å²) < 4.78 is 5.53. The predicted molar refractivity (Wildman–Crippen MR) is 143 cm³/mol. The van der Waals surface area contributed by atoms with Crippen molar-refractivity contribution in [3.63, 3.8) is 0 Å². The zero-order valence-corrected chi connectivity index (χ0v) is 21.4. The smallest absolute Gasteiger partial charge is 0.194 e. The molecule has 2 aliphatic heterocycles. The van der Waals surface area contributed by atoms with E-state index in [9.17, 15) is 0 Å². The molecule has 2 saturated heterocycles. The van der Waals surface area contributed by atoms with E-state index in [0.29, 0.717) is 6.54 Å². The van der Waals surface area contributed by atoms with Crippen molar-refractivity contribution in [3.8, 4) is 0 Å². The normalized spacial score (nSPS) is 17.7. The van der Waals surface area contributed by atoms with Crippen LogP contribution in [0.3, 0.4) is 0 Å². The molecule has 32 heavy (non-hydrogen) atoms. The van der Waals surface area contributed by atoms with E-state index in [2.05, 4.69) is 81.5 Å². The largest absolute Gasteiger partial charge is 0.378 e. The first-order chi connectivity index (χ1) is 15.3. The van der Waals surface area contributed by atoms with Crippen molar-refractivity contribution >= 4 is 35.6 Å². The lowest BCUT2D eigenvalue weighted by Gasteiger charge is -2.36. The summed E-state index contributed by atoms with van der Waals surface area (Å²) in [5.41, 5.74) is 3.96. The first-order valence-corrected chi connectivity index (χ1v) is 11.5. The second-order valence-corrected chi connectivity index (χ2v) is 8.15. The molecule has 2 aromatic carbocycles. The van der Waals surface area contributed by atoms with Crippen molar-refractivity contribution in [1.29, 1.82) is 0 Å². The fraction of sp³-hybridized carbons (Fsp3) is 0.480. The summed E-state index contributed by atoms with van der Waals surface area (Å²) in [5.74, 6) is 1.03. The highest BCUT2D eigenvalue weighted by Crippen LogP contribution is 2.22. The molecule has 0 atom stereocenters. The first-order valence-electron chi connectivity index (χ1n) is 11.5. The van der Waals surface area contributed by atoms with Gasteiger partial charge in [-0.15, -0.1) is 24.0 Å². The average molecular weight is 550 g/mol. The number of para-hydroxylation sites is 1. The lowest BCUT2D eigenvalue weighted by Crippen LogP contribution is -2.52. The molecule has 0 spiro atoms. The van der Waals surface area contributed by atoms with Crippen LogP contribution in [0, 0.1) is 0 Å². The third-order valence-corrected chi connectivity index (χ3v) is 6.00. The summed E-state index contributed by atoms with van der Waals surface area (Å²) in [4.78, 5) is 12.4. The summed E-state index contributed by atoms with van der Waals surface area (Å²) in [6.45, 7) is 12.4. The zero-order chi connectivity index (χ0) is 21.3. The van der Waals surface area contributed by atoms with Gasteiger partial charge in [-0.25, -0.2) is 4.99 Å². The van der Waals surface area contributed by atoms with Crippen LogP contribution < -0.4 is 10.2 Å². The number of aliphatic imine (C=N–C) groups is 1. The van der Waals surface area contributed by atoms with Gasteiger partial charge in [0.2, 0.25) is 0 Å². The molecule has 2 fully saturated rings. The van der Waals surface area contributed by atoms with Crippen LogP contribution in [0.25, 0.3) is 0 Å². The Labute approximate surface area is 209 Å². The van der Waals surface area contributed by atoms with Crippen molar-refractivity contribution in [2.24, 2.45) is 4.99 Å². The monoisotopic (exact) mass is 549 g/mol. The van der Waals surface area contributed by atoms with Crippen LogP contribution in [0.5, 0.6) is 0 Å². The number of guanidine groups is 1. The molecular weight excluding hydrogens is 513 g/mol. The number of ether oxygens (including phenoxy) is 1. The Morgan fingerprint density at radius 3 is 2.31 bits per heavy atom. The van der Waals surface area contributed by atoms with Crippen LogP contribution in [0.2, 0.25) is 0 Å². The van der Waals surface area contributed by atoms with Crippen LogP contribution >= 0.6 is 24.0 Å². The van der Waals surface area contributed by atoms with Gasteiger partial charge in [0, 0.05) is 58.0 Å². The highest BCUT2D eigenvalue weighted by molar-refractivity contribution is 14.0. The highest BCUT2D eigenvalue weighted by atomic mass is 127. The molecule has 0 amide bonds. The number of nitrogens with one attached hydrogen (secondary N) is 1. The summed E-state index contributed by atoms with van der Waals surface area (Å²) in [6, 6.07) is 19.4. The van der Waals surface area contributed by atoms with Gasteiger partial charge >= 0.3 is 0 Å². The van der Waals surface area contributed by atoms with Gasteiger partial charge in [0.05, 0.1) is 19.8 Å². The lowest BCUT2D eigenvalue weighted by molar-refractivity contribution is 0.122. The maximum absolute atomic E-state index is 5.53. The number of rotatable bonds is 6. The summed E-state index contributed by atoms with van der Waals surface area (Å²) in [6.07, 6.45) is 0. The molecule has 2 aliphatic rings. The van der Waals surface area contributed by atoms with Crippen LogP contribution in [-0.4, -0.2) is 74.8 Å². The molecule has 7 heteroatoms. The van der Waals surface area contributed by atoms with Gasteiger partial charge in [0.1, 0.15) is 0 Å². The van der Waals surface area contributed by atoms with Crippen molar-refractivity contribution < 1.29 is 4.74 Å². The Balaban J connectivity index is 0.00000289. The lowest BCUT2D eigenvalue weighted by atomic mass is 10.1.